The van der Waals surface area contributed by atoms with Gasteiger partial charge in [0, 0.05) is 35.2 Å². The molecule has 0 radical (unpaired) electrons. The largest absolute Gasteiger partial charge is 0.368 e. The Labute approximate surface area is 123 Å². The third-order valence-corrected chi connectivity index (χ3v) is 4.66. The van der Waals surface area contributed by atoms with Crippen LogP contribution in [0.2, 0.25) is 5.02 Å². The van der Waals surface area contributed by atoms with Gasteiger partial charge in [0.05, 0.1) is 5.69 Å². The first-order chi connectivity index (χ1) is 8.61. The molecule has 0 saturated carbocycles. The zero-order valence-corrected chi connectivity index (χ0v) is 13.3. The smallest absolute Gasteiger partial charge is 0.0512 e. The number of hydrogen-bond donors (Lipinski definition) is 1. The highest BCUT2D eigenvalue weighted by Gasteiger charge is 2.24. The average Bonchev–Trinajstić information content (AvgIpc) is 2.38. The maximum absolute atomic E-state index is 6.00. The number of hydrogen-bond acceptors (Lipinski definition) is 2. The lowest BCUT2D eigenvalue weighted by molar-refractivity contribution is 0.341. The monoisotopic (exact) mass is 330 g/mol. The lowest BCUT2D eigenvalue weighted by Gasteiger charge is -2.38. The highest BCUT2D eigenvalue weighted by Crippen LogP contribution is 2.30. The second-order valence-corrected chi connectivity index (χ2v) is 6.28. The van der Waals surface area contributed by atoms with Crippen LogP contribution in [0.4, 0.5) is 5.69 Å². The highest BCUT2D eigenvalue weighted by molar-refractivity contribution is 9.10. The summed E-state index contributed by atoms with van der Waals surface area (Å²) in [6.45, 7) is 7.73. The molecule has 0 amide bonds. The summed E-state index contributed by atoms with van der Waals surface area (Å²) in [4.78, 5) is 2.44. The Balaban J connectivity index is 2.13. The van der Waals surface area contributed by atoms with Gasteiger partial charge in [0.1, 0.15) is 0 Å². The Morgan fingerprint density at radius 3 is 3.00 bits per heavy atom. The predicted octanol–water partition coefficient (Wildman–Crippen LogP) is 3.93. The van der Waals surface area contributed by atoms with Crippen LogP contribution in [0, 0.1) is 5.92 Å². The number of halogens is 2. The molecule has 1 fully saturated rings. The molecular weight excluding hydrogens is 312 g/mol. The molecule has 2 rings (SSSR count). The number of rotatable bonds is 3. The van der Waals surface area contributed by atoms with Crippen molar-refractivity contribution in [2.75, 3.05) is 24.5 Å². The van der Waals surface area contributed by atoms with Crippen LogP contribution in [0.15, 0.2) is 22.7 Å². The predicted molar refractivity (Wildman–Crippen MR) is 82.6 cm³/mol. The van der Waals surface area contributed by atoms with Crippen LogP contribution in [-0.4, -0.2) is 25.7 Å². The molecule has 1 aromatic rings. The topological polar surface area (TPSA) is 15.3 Å². The summed E-state index contributed by atoms with van der Waals surface area (Å²) < 4.78 is 1.08. The first kappa shape index (κ1) is 14.2. The molecule has 100 valence electrons. The second kappa shape index (κ2) is 6.27. The number of benzene rings is 1. The minimum atomic E-state index is 0.575. The average molecular weight is 332 g/mol. The summed E-state index contributed by atoms with van der Waals surface area (Å²) in [5.74, 6) is 0.707. The van der Waals surface area contributed by atoms with E-state index in [0.717, 1.165) is 29.1 Å². The Bertz CT molecular complexity index is 411. The van der Waals surface area contributed by atoms with Crippen molar-refractivity contribution < 1.29 is 0 Å². The van der Waals surface area contributed by atoms with Crippen LogP contribution in [-0.2, 0) is 0 Å². The molecule has 0 aromatic heterocycles. The summed E-state index contributed by atoms with van der Waals surface area (Å²) in [6, 6.07) is 6.61. The Morgan fingerprint density at radius 2 is 2.33 bits per heavy atom. The molecule has 2 atom stereocenters. The van der Waals surface area contributed by atoms with Gasteiger partial charge in [-0.05, 0) is 40.0 Å². The fourth-order valence-electron chi connectivity index (χ4n) is 2.40. The normalized spacial score (nSPS) is 22.0. The maximum Gasteiger partial charge on any atom is 0.0512 e. The first-order valence-electron chi connectivity index (χ1n) is 6.55. The van der Waals surface area contributed by atoms with Crippen molar-refractivity contribution in [3.05, 3.63) is 27.7 Å². The van der Waals surface area contributed by atoms with Gasteiger partial charge in [-0.15, -0.1) is 0 Å². The molecule has 4 heteroatoms. The van der Waals surface area contributed by atoms with Gasteiger partial charge in [-0.1, -0.05) is 31.9 Å². The fraction of sp³-hybridized carbons (Fsp3) is 0.571. The van der Waals surface area contributed by atoms with Gasteiger partial charge >= 0.3 is 0 Å². The number of piperazine rings is 1. The van der Waals surface area contributed by atoms with Crippen molar-refractivity contribution in [3.63, 3.8) is 0 Å². The van der Waals surface area contributed by atoms with E-state index in [2.05, 4.69) is 46.1 Å². The highest BCUT2D eigenvalue weighted by atomic mass is 79.9. The van der Waals surface area contributed by atoms with Crippen molar-refractivity contribution in [1.82, 2.24) is 5.32 Å². The first-order valence-corrected chi connectivity index (χ1v) is 7.72. The van der Waals surface area contributed by atoms with Crippen LogP contribution in [0.5, 0.6) is 0 Å². The van der Waals surface area contributed by atoms with Crippen LogP contribution in [0.3, 0.4) is 0 Å². The van der Waals surface area contributed by atoms with Gasteiger partial charge in [0.25, 0.3) is 0 Å². The molecule has 0 spiro atoms. The second-order valence-electron chi connectivity index (χ2n) is 4.99. The van der Waals surface area contributed by atoms with E-state index >= 15 is 0 Å². The van der Waals surface area contributed by atoms with E-state index in [1.807, 2.05) is 12.1 Å². The summed E-state index contributed by atoms with van der Waals surface area (Å²) in [7, 11) is 0. The molecule has 1 heterocycles. The Kier molecular flexibility index (Phi) is 4.93. The quantitative estimate of drug-likeness (QED) is 0.903. The van der Waals surface area contributed by atoms with Crippen molar-refractivity contribution in [3.8, 4) is 0 Å². The van der Waals surface area contributed by atoms with Gasteiger partial charge < -0.3 is 10.2 Å². The van der Waals surface area contributed by atoms with Crippen LogP contribution in [0.25, 0.3) is 0 Å². The van der Waals surface area contributed by atoms with Crippen LogP contribution in [0.1, 0.15) is 20.3 Å². The molecule has 1 saturated heterocycles. The molecule has 0 bridgehead atoms. The SMILES string of the molecule is CCC(C)C1CN(c2ccc(Cl)cc2Br)CCN1. The van der Waals surface area contributed by atoms with Crippen molar-refractivity contribution in [2.24, 2.45) is 5.92 Å². The molecule has 1 aliphatic heterocycles. The minimum absolute atomic E-state index is 0.575. The van der Waals surface area contributed by atoms with E-state index in [0.29, 0.717) is 12.0 Å². The summed E-state index contributed by atoms with van der Waals surface area (Å²) >= 11 is 9.61. The van der Waals surface area contributed by atoms with Gasteiger partial charge in [-0.25, -0.2) is 0 Å². The molecule has 1 aliphatic rings. The van der Waals surface area contributed by atoms with Crippen molar-refractivity contribution in [1.29, 1.82) is 0 Å². The Hall–Kier alpha value is -0.250. The standard InChI is InChI=1S/C14H20BrClN2/c1-3-10(2)13-9-18(7-6-17-13)14-5-4-11(16)8-12(14)15/h4-5,8,10,13,17H,3,6-7,9H2,1-2H3. The van der Waals surface area contributed by atoms with E-state index in [4.69, 9.17) is 11.6 Å². The van der Waals surface area contributed by atoms with E-state index in [-0.39, 0.29) is 0 Å². The third-order valence-electron chi connectivity index (χ3n) is 3.79. The van der Waals surface area contributed by atoms with Gasteiger partial charge in [0.2, 0.25) is 0 Å². The maximum atomic E-state index is 6.00. The molecule has 1 N–H and O–H groups in total. The van der Waals surface area contributed by atoms with E-state index in [1.165, 1.54) is 12.1 Å². The Morgan fingerprint density at radius 1 is 1.56 bits per heavy atom. The van der Waals surface area contributed by atoms with E-state index in [9.17, 15) is 0 Å². The summed E-state index contributed by atoms with van der Waals surface area (Å²) in [5, 5.41) is 4.39. The van der Waals surface area contributed by atoms with Gasteiger partial charge in [0.15, 0.2) is 0 Å². The van der Waals surface area contributed by atoms with Crippen molar-refractivity contribution >= 4 is 33.2 Å². The van der Waals surface area contributed by atoms with Gasteiger partial charge in [-0.2, -0.15) is 0 Å². The van der Waals surface area contributed by atoms with Crippen molar-refractivity contribution in [2.45, 2.75) is 26.3 Å². The molecule has 18 heavy (non-hydrogen) atoms. The zero-order chi connectivity index (χ0) is 13.1. The lowest BCUT2D eigenvalue weighted by atomic mass is 9.97. The number of nitrogens with one attached hydrogen (secondary N) is 1. The third kappa shape index (κ3) is 3.19. The molecule has 2 unspecified atom stereocenters. The van der Waals surface area contributed by atoms with Crippen LogP contribution < -0.4 is 10.2 Å². The molecule has 2 nitrogen and oxygen atoms in total. The van der Waals surface area contributed by atoms with E-state index in [1.54, 1.807) is 0 Å². The summed E-state index contributed by atoms with van der Waals surface area (Å²) in [5.41, 5.74) is 1.24. The fourth-order valence-corrected chi connectivity index (χ4v) is 3.33. The minimum Gasteiger partial charge on any atom is -0.368 e. The molecule has 1 aromatic carbocycles. The van der Waals surface area contributed by atoms with E-state index < -0.39 is 0 Å². The number of anilines is 1. The number of nitrogens with zero attached hydrogens (tertiary/aromatic N) is 1. The summed E-state index contributed by atoms with van der Waals surface area (Å²) in [6.07, 6.45) is 1.22. The molecular formula is C14H20BrClN2. The lowest BCUT2D eigenvalue weighted by Crippen LogP contribution is -2.53. The molecule has 0 aliphatic carbocycles. The zero-order valence-electron chi connectivity index (χ0n) is 10.9. The van der Waals surface area contributed by atoms with Crippen LogP contribution >= 0.6 is 27.5 Å². The van der Waals surface area contributed by atoms with Gasteiger partial charge in [-0.3, -0.25) is 0 Å².